The SMILES string of the molecule is CCc1ccc2c(c1)N(CCN(C)C)CN2C1CC1. The van der Waals surface area contributed by atoms with Gasteiger partial charge in [-0.1, -0.05) is 13.0 Å². The Hall–Kier alpha value is -1.22. The molecule has 0 bridgehead atoms. The van der Waals surface area contributed by atoms with Gasteiger partial charge < -0.3 is 14.7 Å². The molecule has 0 aromatic heterocycles. The van der Waals surface area contributed by atoms with E-state index in [1.165, 1.54) is 29.8 Å². The highest BCUT2D eigenvalue weighted by atomic mass is 15.4. The van der Waals surface area contributed by atoms with Gasteiger partial charge in [-0.15, -0.1) is 0 Å². The molecular weight excluding hydrogens is 234 g/mol. The smallest absolute Gasteiger partial charge is 0.0907 e. The van der Waals surface area contributed by atoms with Gasteiger partial charge in [0, 0.05) is 19.1 Å². The second-order valence-electron chi connectivity index (χ2n) is 6.09. The van der Waals surface area contributed by atoms with Crippen LogP contribution in [0.4, 0.5) is 11.4 Å². The molecule has 1 aromatic rings. The van der Waals surface area contributed by atoms with Crippen molar-refractivity contribution in [3.8, 4) is 0 Å². The first-order valence-corrected chi connectivity index (χ1v) is 7.48. The number of fused-ring (bicyclic) bond motifs is 1. The summed E-state index contributed by atoms with van der Waals surface area (Å²) >= 11 is 0. The van der Waals surface area contributed by atoms with Gasteiger partial charge in [0.25, 0.3) is 0 Å². The second kappa shape index (κ2) is 5.04. The van der Waals surface area contributed by atoms with Crippen molar-refractivity contribution in [2.24, 2.45) is 0 Å². The molecule has 1 aromatic carbocycles. The van der Waals surface area contributed by atoms with Crippen LogP contribution in [-0.4, -0.2) is 44.8 Å². The standard InChI is InChI=1S/C16H25N3/c1-4-13-5-8-15-16(11-13)18(10-9-17(2)3)12-19(15)14-6-7-14/h5,8,11,14H,4,6-7,9-10,12H2,1-3H3. The predicted molar refractivity (Wildman–Crippen MR) is 82.1 cm³/mol. The molecule has 1 aliphatic heterocycles. The molecule has 0 unspecified atom stereocenters. The molecule has 1 fully saturated rings. The van der Waals surface area contributed by atoms with E-state index in [9.17, 15) is 0 Å². The minimum Gasteiger partial charge on any atom is -0.351 e. The molecule has 104 valence electrons. The van der Waals surface area contributed by atoms with Crippen molar-refractivity contribution in [3.63, 3.8) is 0 Å². The van der Waals surface area contributed by atoms with E-state index in [2.05, 4.69) is 53.9 Å². The summed E-state index contributed by atoms with van der Waals surface area (Å²) in [6.07, 6.45) is 3.87. The lowest BCUT2D eigenvalue weighted by molar-refractivity contribution is 0.414. The van der Waals surface area contributed by atoms with Crippen molar-refractivity contribution in [1.82, 2.24) is 4.90 Å². The fourth-order valence-electron chi connectivity index (χ4n) is 2.83. The first-order chi connectivity index (χ1) is 9.19. The maximum Gasteiger partial charge on any atom is 0.0907 e. The summed E-state index contributed by atoms with van der Waals surface area (Å²) in [6, 6.07) is 7.83. The maximum absolute atomic E-state index is 2.60. The largest absolute Gasteiger partial charge is 0.351 e. The van der Waals surface area contributed by atoms with Crippen molar-refractivity contribution in [2.45, 2.75) is 32.2 Å². The zero-order valence-corrected chi connectivity index (χ0v) is 12.4. The summed E-state index contributed by atoms with van der Waals surface area (Å²) in [7, 11) is 4.30. The third-order valence-electron chi connectivity index (χ3n) is 4.23. The van der Waals surface area contributed by atoms with Crippen LogP contribution >= 0.6 is 0 Å². The molecule has 1 saturated carbocycles. The summed E-state index contributed by atoms with van der Waals surface area (Å²) in [6.45, 7) is 5.56. The summed E-state index contributed by atoms with van der Waals surface area (Å²) in [5, 5.41) is 0. The van der Waals surface area contributed by atoms with Crippen molar-refractivity contribution >= 4 is 11.4 Å². The van der Waals surface area contributed by atoms with Gasteiger partial charge in [0.1, 0.15) is 0 Å². The molecule has 3 heteroatoms. The molecule has 1 aliphatic carbocycles. The van der Waals surface area contributed by atoms with Crippen LogP contribution in [0.2, 0.25) is 0 Å². The summed E-state index contributed by atoms with van der Waals surface area (Å²) in [4.78, 5) is 7.42. The Morgan fingerprint density at radius 3 is 2.63 bits per heavy atom. The average molecular weight is 259 g/mol. The minimum absolute atomic E-state index is 0.801. The van der Waals surface area contributed by atoms with Gasteiger partial charge in [-0.2, -0.15) is 0 Å². The Kier molecular flexibility index (Phi) is 3.40. The number of benzene rings is 1. The Balaban J connectivity index is 1.84. The third-order valence-corrected chi connectivity index (χ3v) is 4.23. The van der Waals surface area contributed by atoms with Crippen LogP contribution in [0.1, 0.15) is 25.3 Å². The number of hydrogen-bond donors (Lipinski definition) is 0. The van der Waals surface area contributed by atoms with Crippen LogP contribution in [-0.2, 0) is 6.42 Å². The monoisotopic (exact) mass is 259 g/mol. The van der Waals surface area contributed by atoms with Gasteiger partial charge in [0.2, 0.25) is 0 Å². The lowest BCUT2D eigenvalue weighted by Gasteiger charge is -2.23. The summed E-state index contributed by atoms with van der Waals surface area (Å²) < 4.78 is 0. The molecule has 3 rings (SSSR count). The Morgan fingerprint density at radius 2 is 2.00 bits per heavy atom. The lowest BCUT2D eigenvalue weighted by atomic mass is 10.1. The highest BCUT2D eigenvalue weighted by molar-refractivity contribution is 5.77. The van der Waals surface area contributed by atoms with Gasteiger partial charge in [-0.25, -0.2) is 0 Å². The van der Waals surface area contributed by atoms with E-state index < -0.39 is 0 Å². The van der Waals surface area contributed by atoms with Gasteiger partial charge in [-0.05, 0) is 51.1 Å². The number of rotatable bonds is 5. The minimum atomic E-state index is 0.801. The fraction of sp³-hybridized carbons (Fsp3) is 0.625. The van der Waals surface area contributed by atoms with Gasteiger partial charge in [-0.3, -0.25) is 0 Å². The van der Waals surface area contributed by atoms with Gasteiger partial charge >= 0.3 is 0 Å². The Bertz CT molecular complexity index is 451. The van der Waals surface area contributed by atoms with Crippen molar-refractivity contribution in [3.05, 3.63) is 23.8 Å². The van der Waals surface area contributed by atoms with Crippen molar-refractivity contribution in [1.29, 1.82) is 0 Å². The molecule has 0 saturated heterocycles. The molecule has 3 nitrogen and oxygen atoms in total. The molecule has 1 heterocycles. The van der Waals surface area contributed by atoms with E-state index in [0.29, 0.717) is 0 Å². The number of likely N-dealkylation sites (N-methyl/N-ethyl adjacent to an activating group) is 1. The predicted octanol–water partition coefficient (Wildman–Crippen LogP) is 2.56. The van der Waals surface area contributed by atoms with Gasteiger partial charge in [0.05, 0.1) is 18.0 Å². The highest BCUT2D eigenvalue weighted by Gasteiger charge is 2.36. The fourth-order valence-corrected chi connectivity index (χ4v) is 2.83. The molecule has 0 radical (unpaired) electrons. The van der Waals surface area contributed by atoms with Crippen LogP contribution < -0.4 is 9.80 Å². The Morgan fingerprint density at radius 1 is 1.21 bits per heavy atom. The van der Waals surface area contributed by atoms with E-state index in [1.807, 2.05) is 0 Å². The van der Waals surface area contributed by atoms with Crippen molar-refractivity contribution < 1.29 is 0 Å². The van der Waals surface area contributed by atoms with Crippen molar-refractivity contribution in [2.75, 3.05) is 43.7 Å². The molecule has 0 atom stereocenters. The Labute approximate surface area is 116 Å². The van der Waals surface area contributed by atoms with E-state index >= 15 is 0 Å². The summed E-state index contributed by atoms with van der Waals surface area (Å²) in [5.74, 6) is 0. The second-order valence-corrected chi connectivity index (χ2v) is 6.09. The van der Waals surface area contributed by atoms with Crippen LogP contribution in [0.25, 0.3) is 0 Å². The molecule has 0 N–H and O–H groups in total. The molecule has 0 spiro atoms. The van der Waals surface area contributed by atoms with E-state index in [1.54, 1.807) is 0 Å². The van der Waals surface area contributed by atoms with Crippen LogP contribution in [0, 0.1) is 0 Å². The molecular formula is C16H25N3. The third kappa shape index (κ3) is 2.57. The normalized spacial score (nSPS) is 18.3. The molecule has 19 heavy (non-hydrogen) atoms. The first-order valence-electron chi connectivity index (χ1n) is 7.48. The van der Waals surface area contributed by atoms with E-state index in [0.717, 1.165) is 32.2 Å². The number of aryl methyl sites for hydroxylation is 1. The van der Waals surface area contributed by atoms with E-state index in [4.69, 9.17) is 0 Å². The van der Waals surface area contributed by atoms with E-state index in [-0.39, 0.29) is 0 Å². The number of nitrogens with zero attached hydrogens (tertiary/aromatic N) is 3. The quantitative estimate of drug-likeness (QED) is 0.804. The van der Waals surface area contributed by atoms with Crippen LogP contribution in [0.15, 0.2) is 18.2 Å². The highest BCUT2D eigenvalue weighted by Crippen LogP contribution is 2.42. The maximum atomic E-state index is 2.60. The molecule has 0 amide bonds. The first kappa shape index (κ1) is 12.8. The number of hydrogen-bond acceptors (Lipinski definition) is 3. The van der Waals surface area contributed by atoms with Crippen LogP contribution in [0.3, 0.4) is 0 Å². The topological polar surface area (TPSA) is 9.72 Å². The zero-order valence-electron chi connectivity index (χ0n) is 12.4. The summed E-state index contributed by atoms with van der Waals surface area (Å²) in [5.41, 5.74) is 4.36. The number of anilines is 2. The van der Waals surface area contributed by atoms with Gasteiger partial charge in [0.15, 0.2) is 0 Å². The van der Waals surface area contributed by atoms with Crippen LogP contribution in [0.5, 0.6) is 0 Å². The lowest BCUT2D eigenvalue weighted by Crippen LogP contribution is -2.36. The average Bonchev–Trinajstić information content (AvgIpc) is 3.18. The zero-order chi connectivity index (χ0) is 13.4. The molecule has 2 aliphatic rings.